The number of nitrogens with one attached hydrogen (secondary N) is 1. The molecule has 0 radical (unpaired) electrons. The van der Waals surface area contributed by atoms with Crippen molar-refractivity contribution in [2.75, 3.05) is 13.6 Å². The summed E-state index contributed by atoms with van der Waals surface area (Å²) in [7, 11) is 1.97. The highest BCUT2D eigenvalue weighted by Crippen LogP contribution is 2.18. The van der Waals surface area contributed by atoms with Crippen molar-refractivity contribution in [1.82, 2.24) is 15.1 Å². The molecule has 0 aliphatic carbocycles. The van der Waals surface area contributed by atoms with Crippen molar-refractivity contribution in [3.63, 3.8) is 0 Å². The number of nitrogens with zero attached hydrogens (tertiary/aromatic N) is 2. The van der Waals surface area contributed by atoms with E-state index in [0.717, 1.165) is 16.7 Å². The first-order valence-corrected chi connectivity index (χ1v) is 6.45. The molecule has 1 aromatic carbocycles. The minimum atomic E-state index is 0.473. The highest BCUT2D eigenvalue weighted by atomic mass is 79.9. The molecule has 17 heavy (non-hydrogen) atoms. The average molecular weight is 294 g/mol. The Morgan fingerprint density at radius 2 is 2.29 bits per heavy atom. The van der Waals surface area contributed by atoms with E-state index in [1.165, 1.54) is 5.56 Å². The third-order valence-electron chi connectivity index (χ3n) is 2.75. The zero-order valence-electron chi connectivity index (χ0n) is 10.0. The summed E-state index contributed by atoms with van der Waals surface area (Å²) < 4.78 is 2.97. The molecule has 0 fully saturated rings. The van der Waals surface area contributed by atoms with Gasteiger partial charge in [0.15, 0.2) is 0 Å². The monoisotopic (exact) mass is 293 g/mol. The van der Waals surface area contributed by atoms with Gasteiger partial charge in [0.25, 0.3) is 0 Å². The fourth-order valence-corrected chi connectivity index (χ4v) is 2.16. The summed E-state index contributed by atoms with van der Waals surface area (Å²) in [5.74, 6) is 0.473. The van der Waals surface area contributed by atoms with Crippen LogP contribution in [0.25, 0.3) is 5.69 Å². The number of hydrogen-bond acceptors (Lipinski definition) is 2. The lowest BCUT2D eigenvalue weighted by Crippen LogP contribution is -2.14. The molecule has 0 spiro atoms. The molecule has 0 amide bonds. The van der Waals surface area contributed by atoms with E-state index in [0.29, 0.717) is 5.92 Å². The van der Waals surface area contributed by atoms with Crippen molar-refractivity contribution in [2.45, 2.75) is 12.8 Å². The number of hydrogen-bond donors (Lipinski definition) is 1. The van der Waals surface area contributed by atoms with Gasteiger partial charge >= 0.3 is 0 Å². The van der Waals surface area contributed by atoms with E-state index in [2.05, 4.69) is 45.5 Å². The molecule has 1 atom stereocenters. The van der Waals surface area contributed by atoms with Gasteiger partial charge in [-0.05, 0) is 36.7 Å². The van der Waals surface area contributed by atoms with Gasteiger partial charge in [-0.3, -0.25) is 0 Å². The molecule has 1 N–H and O–H groups in total. The minimum Gasteiger partial charge on any atom is -0.319 e. The van der Waals surface area contributed by atoms with Crippen molar-refractivity contribution in [3.05, 3.63) is 46.7 Å². The summed E-state index contributed by atoms with van der Waals surface area (Å²) in [6.45, 7) is 3.16. The predicted molar refractivity (Wildman–Crippen MR) is 73.6 cm³/mol. The molecule has 4 heteroatoms. The van der Waals surface area contributed by atoms with Gasteiger partial charge in [-0.1, -0.05) is 28.9 Å². The Kier molecular flexibility index (Phi) is 3.97. The topological polar surface area (TPSA) is 29.9 Å². The van der Waals surface area contributed by atoms with E-state index >= 15 is 0 Å². The van der Waals surface area contributed by atoms with Crippen LogP contribution >= 0.6 is 15.9 Å². The van der Waals surface area contributed by atoms with E-state index < -0.39 is 0 Å². The second kappa shape index (κ2) is 5.47. The second-order valence-corrected chi connectivity index (χ2v) is 5.07. The van der Waals surface area contributed by atoms with E-state index in [1.807, 2.05) is 36.1 Å². The van der Waals surface area contributed by atoms with Crippen LogP contribution in [0, 0.1) is 0 Å². The van der Waals surface area contributed by atoms with Crippen molar-refractivity contribution < 1.29 is 0 Å². The van der Waals surface area contributed by atoms with Crippen LogP contribution in [0.1, 0.15) is 18.4 Å². The molecule has 0 aliphatic rings. The standard InChI is InChI=1S/C13H16BrN3/c1-10(7-15-2)11-8-16-17(9-11)13-5-3-4-12(14)6-13/h3-6,8-10,15H,7H2,1-2H3. The molecule has 0 saturated carbocycles. The summed E-state index contributed by atoms with van der Waals surface area (Å²) in [4.78, 5) is 0. The molecule has 2 rings (SSSR count). The van der Waals surface area contributed by atoms with Gasteiger partial charge in [-0.2, -0.15) is 5.10 Å². The summed E-state index contributed by atoms with van der Waals surface area (Å²) in [6, 6.07) is 8.12. The van der Waals surface area contributed by atoms with Crippen molar-refractivity contribution in [2.24, 2.45) is 0 Å². The van der Waals surface area contributed by atoms with Crippen LogP contribution in [-0.4, -0.2) is 23.4 Å². The number of halogens is 1. The summed E-state index contributed by atoms with van der Waals surface area (Å²) in [5, 5.41) is 7.58. The number of benzene rings is 1. The first-order chi connectivity index (χ1) is 8.20. The number of rotatable bonds is 4. The summed E-state index contributed by atoms with van der Waals surface area (Å²) in [6.07, 6.45) is 4.02. The molecule has 2 aromatic rings. The molecule has 1 unspecified atom stereocenters. The Hall–Kier alpha value is -1.13. The maximum absolute atomic E-state index is 4.40. The van der Waals surface area contributed by atoms with Crippen LogP contribution < -0.4 is 5.32 Å². The maximum atomic E-state index is 4.40. The normalized spacial score (nSPS) is 12.6. The van der Waals surface area contributed by atoms with Gasteiger partial charge in [0.05, 0.1) is 11.9 Å². The van der Waals surface area contributed by atoms with E-state index in [-0.39, 0.29) is 0 Å². The van der Waals surface area contributed by atoms with Crippen molar-refractivity contribution >= 4 is 15.9 Å². The Morgan fingerprint density at radius 3 is 3.00 bits per heavy atom. The molecule has 1 heterocycles. The summed E-state index contributed by atoms with van der Waals surface area (Å²) >= 11 is 3.47. The Balaban J connectivity index is 2.23. The molecule has 3 nitrogen and oxygen atoms in total. The number of aromatic nitrogens is 2. The van der Waals surface area contributed by atoms with E-state index in [1.54, 1.807) is 0 Å². The van der Waals surface area contributed by atoms with Crippen LogP contribution in [0.15, 0.2) is 41.1 Å². The largest absolute Gasteiger partial charge is 0.319 e. The van der Waals surface area contributed by atoms with Gasteiger partial charge in [-0.25, -0.2) is 4.68 Å². The van der Waals surface area contributed by atoms with Crippen molar-refractivity contribution in [3.8, 4) is 5.69 Å². The van der Waals surface area contributed by atoms with E-state index in [9.17, 15) is 0 Å². The van der Waals surface area contributed by atoms with E-state index in [4.69, 9.17) is 0 Å². The quantitative estimate of drug-likeness (QED) is 0.939. The minimum absolute atomic E-state index is 0.473. The fourth-order valence-electron chi connectivity index (χ4n) is 1.78. The van der Waals surface area contributed by atoms with Crippen LogP contribution in [-0.2, 0) is 0 Å². The maximum Gasteiger partial charge on any atom is 0.0656 e. The van der Waals surface area contributed by atoms with Gasteiger partial charge in [-0.15, -0.1) is 0 Å². The van der Waals surface area contributed by atoms with Gasteiger partial charge in [0.2, 0.25) is 0 Å². The first-order valence-electron chi connectivity index (χ1n) is 5.66. The summed E-state index contributed by atoms with van der Waals surface area (Å²) in [5.41, 5.74) is 2.32. The predicted octanol–water partition coefficient (Wildman–Crippen LogP) is 2.96. The lowest BCUT2D eigenvalue weighted by molar-refractivity contribution is 0.677. The van der Waals surface area contributed by atoms with Gasteiger partial charge in [0, 0.05) is 17.2 Å². The van der Waals surface area contributed by atoms with Crippen molar-refractivity contribution in [1.29, 1.82) is 0 Å². The fraction of sp³-hybridized carbons (Fsp3) is 0.308. The highest BCUT2D eigenvalue weighted by molar-refractivity contribution is 9.10. The molecule has 0 bridgehead atoms. The van der Waals surface area contributed by atoms with Gasteiger partial charge < -0.3 is 5.32 Å². The Bertz CT molecular complexity index is 493. The molecule has 90 valence electrons. The van der Waals surface area contributed by atoms with Crippen LogP contribution in [0.2, 0.25) is 0 Å². The molecule has 0 aliphatic heterocycles. The Labute approximate surface area is 110 Å². The highest BCUT2D eigenvalue weighted by Gasteiger charge is 2.07. The Morgan fingerprint density at radius 1 is 1.47 bits per heavy atom. The smallest absolute Gasteiger partial charge is 0.0656 e. The van der Waals surface area contributed by atoms with Gasteiger partial charge in [0.1, 0.15) is 0 Å². The molecule has 0 saturated heterocycles. The zero-order chi connectivity index (χ0) is 12.3. The van der Waals surface area contributed by atoms with Crippen LogP contribution in [0.4, 0.5) is 0 Å². The van der Waals surface area contributed by atoms with Crippen LogP contribution in [0.5, 0.6) is 0 Å². The van der Waals surface area contributed by atoms with Crippen LogP contribution in [0.3, 0.4) is 0 Å². The lowest BCUT2D eigenvalue weighted by Gasteiger charge is -2.07. The third kappa shape index (κ3) is 2.96. The average Bonchev–Trinajstić information content (AvgIpc) is 2.78. The molecule has 1 aromatic heterocycles. The molecular formula is C13H16BrN3. The first kappa shape index (κ1) is 12.3. The third-order valence-corrected chi connectivity index (χ3v) is 3.25. The SMILES string of the molecule is CNCC(C)c1cnn(-c2cccc(Br)c2)c1. The second-order valence-electron chi connectivity index (χ2n) is 4.16. The lowest BCUT2D eigenvalue weighted by atomic mass is 10.1. The molecular weight excluding hydrogens is 278 g/mol. The number of likely N-dealkylation sites (N-methyl/N-ethyl adjacent to an activating group) is 1. The zero-order valence-corrected chi connectivity index (χ0v) is 11.6.